The SMILES string of the molecule is Cc1nc(N2CCC(CO)(C(C)N)CC2)c(CO)nc1-c1cccc(Cl)c1Cl. The van der Waals surface area contributed by atoms with E-state index in [0.29, 0.717) is 51.6 Å². The molecule has 0 bridgehead atoms. The summed E-state index contributed by atoms with van der Waals surface area (Å²) >= 11 is 12.5. The molecule has 8 heteroatoms. The van der Waals surface area contributed by atoms with Crippen LogP contribution in [-0.4, -0.2) is 45.9 Å². The molecule has 1 aliphatic rings. The number of piperidine rings is 1. The van der Waals surface area contributed by atoms with Gasteiger partial charge in [-0.05, 0) is 32.8 Å². The van der Waals surface area contributed by atoms with Crippen molar-refractivity contribution in [3.8, 4) is 11.3 Å². The van der Waals surface area contributed by atoms with E-state index in [2.05, 4.69) is 9.88 Å². The summed E-state index contributed by atoms with van der Waals surface area (Å²) in [6, 6.07) is 5.28. The van der Waals surface area contributed by atoms with Crippen LogP contribution in [0.5, 0.6) is 0 Å². The molecule has 0 saturated carbocycles. The van der Waals surface area contributed by atoms with Gasteiger partial charge in [-0.3, -0.25) is 0 Å². The zero-order valence-corrected chi connectivity index (χ0v) is 17.6. The van der Waals surface area contributed by atoms with Gasteiger partial charge in [0.25, 0.3) is 0 Å². The summed E-state index contributed by atoms with van der Waals surface area (Å²) in [6.45, 7) is 5.04. The topological polar surface area (TPSA) is 95.5 Å². The highest BCUT2D eigenvalue weighted by Crippen LogP contribution is 2.38. The number of aliphatic hydroxyl groups excluding tert-OH is 2. The molecule has 0 spiro atoms. The number of aromatic nitrogens is 2. The lowest BCUT2D eigenvalue weighted by molar-refractivity contribution is 0.0749. The van der Waals surface area contributed by atoms with Crippen LogP contribution in [-0.2, 0) is 6.61 Å². The summed E-state index contributed by atoms with van der Waals surface area (Å²) < 4.78 is 0. The monoisotopic (exact) mass is 424 g/mol. The van der Waals surface area contributed by atoms with Gasteiger partial charge in [0.05, 0.1) is 34.6 Å². The Bertz CT molecular complexity index is 852. The predicted octanol–water partition coefficient (Wildman–Crippen LogP) is 3.18. The Labute approximate surface area is 175 Å². The summed E-state index contributed by atoms with van der Waals surface area (Å²) in [4.78, 5) is 11.5. The smallest absolute Gasteiger partial charge is 0.153 e. The third-order valence-corrected chi connectivity index (χ3v) is 6.64. The highest BCUT2D eigenvalue weighted by atomic mass is 35.5. The molecule has 2 heterocycles. The van der Waals surface area contributed by atoms with Crippen LogP contribution >= 0.6 is 23.2 Å². The maximum Gasteiger partial charge on any atom is 0.153 e. The summed E-state index contributed by atoms with van der Waals surface area (Å²) in [5, 5.41) is 20.6. The zero-order valence-electron chi connectivity index (χ0n) is 16.1. The second-order valence-electron chi connectivity index (χ2n) is 7.48. The Balaban J connectivity index is 1.94. The van der Waals surface area contributed by atoms with Gasteiger partial charge in [-0.25, -0.2) is 9.97 Å². The fourth-order valence-corrected chi connectivity index (χ4v) is 4.15. The molecule has 0 amide bonds. The zero-order chi connectivity index (χ0) is 20.5. The Morgan fingerprint density at radius 3 is 2.46 bits per heavy atom. The van der Waals surface area contributed by atoms with Crippen LogP contribution in [0.1, 0.15) is 31.2 Å². The fraction of sp³-hybridized carbons (Fsp3) is 0.500. The first-order chi connectivity index (χ1) is 13.3. The third-order valence-electron chi connectivity index (χ3n) is 5.82. The molecule has 3 rings (SSSR count). The third kappa shape index (κ3) is 3.84. The van der Waals surface area contributed by atoms with E-state index in [1.54, 1.807) is 6.07 Å². The maximum atomic E-state index is 9.92. The molecule has 1 aromatic carbocycles. The van der Waals surface area contributed by atoms with Crippen molar-refractivity contribution in [3.05, 3.63) is 39.6 Å². The molecule has 28 heavy (non-hydrogen) atoms. The number of hydrogen-bond donors (Lipinski definition) is 3. The molecule has 152 valence electrons. The van der Waals surface area contributed by atoms with Crippen LogP contribution in [0, 0.1) is 12.3 Å². The van der Waals surface area contributed by atoms with Gasteiger partial charge in [0.2, 0.25) is 0 Å². The first kappa shape index (κ1) is 21.3. The first-order valence-corrected chi connectivity index (χ1v) is 10.1. The molecular weight excluding hydrogens is 399 g/mol. The van der Waals surface area contributed by atoms with Crippen molar-refractivity contribution in [2.75, 3.05) is 24.6 Å². The quantitative estimate of drug-likeness (QED) is 0.681. The van der Waals surface area contributed by atoms with Gasteiger partial charge >= 0.3 is 0 Å². The normalized spacial score (nSPS) is 17.6. The second kappa shape index (κ2) is 8.51. The van der Waals surface area contributed by atoms with Crippen LogP contribution in [0.15, 0.2) is 18.2 Å². The standard InChI is InChI=1S/C20H26Cl2N4O2/c1-12-18(14-4-3-5-15(21)17(14)22)25-16(10-27)19(24-12)26-8-6-20(11-28,7-9-26)13(2)23/h3-5,13,27-28H,6-11,23H2,1-2H3. The lowest BCUT2D eigenvalue weighted by Gasteiger charge is -2.43. The van der Waals surface area contributed by atoms with E-state index >= 15 is 0 Å². The van der Waals surface area contributed by atoms with Crippen molar-refractivity contribution >= 4 is 29.0 Å². The number of benzene rings is 1. The van der Waals surface area contributed by atoms with E-state index in [9.17, 15) is 10.2 Å². The van der Waals surface area contributed by atoms with E-state index < -0.39 is 0 Å². The highest BCUT2D eigenvalue weighted by Gasteiger charge is 2.38. The second-order valence-corrected chi connectivity index (χ2v) is 8.27. The molecule has 1 unspecified atom stereocenters. The maximum absolute atomic E-state index is 9.92. The number of halogens is 2. The minimum Gasteiger partial charge on any atom is -0.396 e. The largest absolute Gasteiger partial charge is 0.396 e. The van der Waals surface area contributed by atoms with Gasteiger partial charge in [-0.2, -0.15) is 0 Å². The molecule has 6 nitrogen and oxygen atoms in total. The molecular formula is C20H26Cl2N4O2. The lowest BCUT2D eigenvalue weighted by Crippen LogP contribution is -2.51. The Hall–Kier alpha value is -1.44. The number of nitrogens with zero attached hydrogens (tertiary/aromatic N) is 3. The lowest BCUT2D eigenvalue weighted by atomic mass is 9.74. The number of nitrogens with two attached hydrogens (primary N) is 1. The van der Waals surface area contributed by atoms with Crippen molar-refractivity contribution < 1.29 is 10.2 Å². The van der Waals surface area contributed by atoms with Gasteiger partial charge in [0.15, 0.2) is 5.82 Å². The van der Waals surface area contributed by atoms with E-state index in [-0.39, 0.29) is 24.7 Å². The Kier molecular flexibility index (Phi) is 6.47. The number of hydrogen-bond acceptors (Lipinski definition) is 6. The molecule has 1 fully saturated rings. The van der Waals surface area contributed by atoms with E-state index in [1.807, 2.05) is 26.0 Å². The fourth-order valence-electron chi connectivity index (χ4n) is 3.76. The van der Waals surface area contributed by atoms with Gasteiger partial charge < -0.3 is 20.8 Å². The van der Waals surface area contributed by atoms with Crippen LogP contribution in [0.2, 0.25) is 10.0 Å². The van der Waals surface area contributed by atoms with Crippen LogP contribution in [0.25, 0.3) is 11.3 Å². The van der Waals surface area contributed by atoms with Crippen molar-refractivity contribution in [2.24, 2.45) is 11.1 Å². The molecule has 1 saturated heterocycles. The molecule has 2 aromatic rings. The number of aliphatic hydroxyl groups is 2. The molecule has 4 N–H and O–H groups in total. The molecule has 0 radical (unpaired) electrons. The number of aryl methyl sites for hydroxylation is 1. The summed E-state index contributed by atoms with van der Waals surface area (Å²) in [6.07, 6.45) is 1.52. The minimum absolute atomic E-state index is 0.0717. The van der Waals surface area contributed by atoms with E-state index in [4.69, 9.17) is 33.9 Å². The van der Waals surface area contributed by atoms with Crippen LogP contribution in [0.3, 0.4) is 0 Å². The van der Waals surface area contributed by atoms with E-state index in [1.165, 1.54) is 0 Å². The Morgan fingerprint density at radius 2 is 1.89 bits per heavy atom. The van der Waals surface area contributed by atoms with Gasteiger partial charge in [-0.1, -0.05) is 35.3 Å². The summed E-state index contributed by atoms with van der Waals surface area (Å²) in [5.41, 5.74) is 8.35. The van der Waals surface area contributed by atoms with Crippen LogP contribution in [0.4, 0.5) is 5.82 Å². The highest BCUT2D eigenvalue weighted by molar-refractivity contribution is 6.43. The predicted molar refractivity (Wildman–Crippen MR) is 113 cm³/mol. The number of rotatable bonds is 5. The van der Waals surface area contributed by atoms with Gasteiger partial charge in [0, 0.05) is 30.1 Å². The van der Waals surface area contributed by atoms with Gasteiger partial charge in [-0.15, -0.1) is 0 Å². The van der Waals surface area contributed by atoms with Crippen molar-refractivity contribution in [1.29, 1.82) is 0 Å². The van der Waals surface area contributed by atoms with Gasteiger partial charge in [0.1, 0.15) is 5.69 Å². The molecule has 1 aliphatic heterocycles. The van der Waals surface area contributed by atoms with Crippen molar-refractivity contribution in [1.82, 2.24) is 9.97 Å². The molecule has 0 aliphatic carbocycles. The minimum atomic E-state index is -0.271. The summed E-state index contributed by atoms with van der Waals surface area (Å²) in [7, 11) is 0. The molecule has 1 atom stereocenters. The summed E-state index contributed by atoms with van der Waals surface area (Å²) in [5.74, 6) is 0.665. The average Bonchev–Trinajstić information content (AvgIpc) is 2.70. The molecule has 1 aromatic heterocycles. The average molecular weight is 425 g/mol. The van der Waals surface area contributed by atoms with Crippen molar-refractivity contribution in [2.45, 2.75) is 39.3 Å². The van der Waals surface area contributed by atoms with Crippen LogP contribution < -0.4 is 10.6 Å². The number of anilines is 1. The van der Waals surface area contributed by atoms with Crippen molar-refractivity contribution in [3.63, 3.8) is 0 Å². The first-order valence-electron chi connectivity index (χ1n) is 9.37. The van der Waals surface area contributed by atoms with E-state index in [0.717, 1.165) is 12.8 Å². The Morgan fingerprint density at radius 1 is 1.21 bits per heavy atom.